The van der Waals surface area contributed by atoms with Gasteiger partial charge in [0.05, 0.1) is 5.54 Å². The molecule has 5 nitrogen and oxygen atoms in total. The van der Waals surface area contributed by atoms with Gasteiger partial charge in [0.25, 0.3) is 5.89 Å². The summed E-state index contributed by atoms with van der Waals surface area (Å²) >= 11 is 0. The number of hydrogen-bond donors (Lipinski definition) is 1. The molecule has 1 heterocycles. The molecule has 5 heteroatoms. The maximum absolute atomic E-state index is 6.17. The molecule has 0 aliphatic heterocycles. The van der Waals surface area contributed by atoms with Crippen molar-refractivity contribution in [3.8, 4) is 5.75 Å². The first kappa shape index (κ1) is 14.1. The van der Waals surface area contributed by atoms with Crippen molar-refractivity contribution in [3.63, 3.8) is 0 Å². The van der Waals surface area contributed by atoms with Gasteiger partial charge in [-0.3, -0.25) is 0 Å². The first-order valence-electron chi connectivity index (χ1n) is 7.41. The number of nitrogens with two attached hydrogens (primary N) is 1. The van der Waals surface area contributed by atoms with E-state index in [-0.39, 0.29) is 12.1 Å². The minimum Gasteiger partial charge on any atom is -0.484 e. The quantitative estimate of drug-likeness (QED) is 0.914. The van der Waals surface area contributed by atoms with Crippen LogP contribution in [0, 0.1) is 0 Å². The zero-order valence-electron chi connectivity index (χ0n) is 12.5. The summed E-state index contributed by atoms with van der Waals surface area (Å²) in [6.45, 7) is 4.58. The third-order valence-corrected chi connectivity index (χ3v) is 4.05. The number of aromatic nitrogens is 2. The zero-order chi connectivity index (χ0) is 14.9. The lowest BCUT2D eigenvalue weighted by atomic mass is 9.77. The molecule has 1 aromatic heterocycles. The molecule has 2 N–H and O–H groups in total. The number of ether oxygens (including phenoxy) is 1. The van der Waals surface area contributed by atoms with Crippen LogP contribution in [-0.4, -0.2) is 10.1 Å². The third kappa shape index (κ3) is 2.93. The van der Waals surface area contributed by atoms with Gasteiger partial charge in [-0.2, -0.15) is 4.98 Å². The average Bonchev–Trinajstić information content (AvgIpc) is 2.92. The van der Waals surface area contributed by atoms with E-state index in [1.165, 1.54) is 5.56 Å². The van der Waals surface area contributed by atoms with E-state index < -0.39 is 0 Å². The van der Waals surface area contributed by atoms with E-state index in [4.69, 9.17) is 15.0 Å². The van der Waals surface area contributed by atoms with Crippen molar-refractivity contribution < 1.29 is 9.26 Å². The Hall–Kier alpha value is -1.88. The number of rotatable bonds is 5. The SMILES string of the molecule is CC(C)c1cccc(OCc2nc(C3(N)CCC3)no2)c1. The molecular weight excluding hydrogens is 266 g/mol. The molecule has 1 aliphatic rings. The van der Waals surface area contributed by atoms with Crippen LogP contribution in [-0.2, 0) is 12.1 Å². The molecule has 0 atom stereocenters. The number of nitrogens with zero attached hydrogens (tertiary/aromatic N) is 2. The van der Waals surface area contributed by atoms with Crippen molar-refractivity contribution in [1.29, 1.82) is 0 Å². The Balaban J connectivity index is 1.64. The van der Waals surface area contributed by atoms with Crippen molar-refractivity contribution >= 4 is 0 Å². The highest BCUT2D eigenvalue weighted by molar-refractivity contribution is 5.30. The topological polar surface area (TPSA) is 74.2 Å². The van der Waals surface area contributed by atoms with Gasteiger partial charge in [0.2, 0.25) is 0 Å². The fourth-order valence-corrected chi connectivity index (χ4v) is 2.41. The van der Waals surface area contributed by atoms with Crippen LogP contribution in [0.25, 0.3) is 0 Å². The van der Waals surface area contributed by atoms with Crippen molar-refractivity contribution in [2.24, 2.45) is 5.73 Å². The fourth-order valence-electron chi connectivity index (χ4n) is 2.41. The molecule has 1 fully saturated rings. The number of benzene rings is 1. The van der Waals surface area contributed by atoms with Crippen molar-refractivity contribution in [1.82, 2.24) is 10.1 Å². The van der Waals surface area contributed by atoms with Crippen LogP contribution in [0.4, 0.5) is 0 Å². The largest absolute Gasteiger partial charge is 0.484 e. The van der Waals surface area contributed by atoms with Crippen molar-refractivity contribution in [3.05, 3.63) is 41.5 Å². The summed E-state index contributed by atoms with van der Waals surface area (Å²) < 4.78 is 10.9. The molecular formula is C16H21N3O2. The second-order valence-corrected chi connectivity index (χ2v) is 6.04. The Morgan fingerprint density at radius 1 is 1.38 bits per heavy atom. The lowest BCUT2D eigenvalue weighted by Crippen LogP contribution is -2.44. The average molecular weight is 287 g/mol. The first-order chi connectivity index (χ1) is 10.1. The van der Waals surface area contributed by atoms with Crippen molar-refractivity contribution in [2.45, 2.75) is 51.2 Å². The lowest BCUT2D eigenvalue weighted by molar-refractivity contribution is 0.223. The molecule has 1 saturated carbocycles. The highest BCUT2D eigenvalue weighted by atomic mass is 16.5. The van der Waals surface area contributed by atoms with E-state index in [9.17, 15) is 0 Å². The van der Waals surface area contributed by atoms with E-state index in [2.05, 4.69) is 30.1 Å². The lowest BCUT2D eigenvalue weighted by Gasteiger charge is -2.34. The molecule has 0 saturated heterocycles. The summed E-state index contributed by atoms with van der Waals surface area (Å²) in [6, 6.07) is 8.06. The zero-order valence-corrected chi connectivity index (χ0v) is 12.5. The highest BCUT2D eigenvalue weighted by Gasteiger charge is 2.38. The van der Waals surface area contributed by atoms with Crippen LogP contribution in [0.2, 0.25) is 0 Å². The maximum Gasteiger partial charge on any atom is 0.264 e. The number of hydrogen-bond acceptors (Lipinski definition) is 5. The molecule has 2 aromatic rings. The monoisotopic (exact) mass is 287 g/mol. The highest BCUT2D eigenvalue weighted by Crippen LogP contribution is 2.36. The van der Waals surface area contributed by atoms with E-state index in [1.807, 2.05) is 18.2 Å². The molecule has 21 heavy (non-hydrogen) atoms. The van der Waals surface area contributed by atoms with E-state index >= 15 is 0 Å². The van der Waals surface area contributed by atoms with Crippen LogP contribution in [0.5, 0.6) is 5.75 Å². The predicted molar refractivity (Wildman–Crippen MR) is 78.9 cm³/mol. The first-order valence-corrected chi connectivity index (χ1v) is 7.41. The fraction of sp³-hybridized carbons (Fsp3) is 0.500. The van der Waals surface area contributed by atoms with Gasteiger partial charge < -0.3 is 15.0 Å². The predicted octanol–water partition coefficient (Wildman–Crippen LogP) is 3.11. The van der Waals surface area contributed by atoms with Crippen LogP contribution in [0.3, 0.4) is 0 Å². The molecule has 1 aliphatic carbocycles. The van der Waals surface area contributed by atoms with Gasteiger partial charge in [0.15, 0.2) is 12.4 Å². The van der Waals surface area contributed by atoms with Crippen LogP contribution in [0.1, 0.15) is 56.3 Å². The molecule has 0 amide bonds. The molecule has 0 unspecified atom stereocenters. The van der Waals surface area contributed by atoms with Gasteiger partial charge >= 0.3 is 0 Å². The molecule has 112 valence electrons. The minimum absolute atomic E-state index is 0.268. The Morgan fingerprint density at radius 2 is 2.19 bits per heavy atom. The van der Waals surface area contributed by atoms with Crippen LogP contribution >= 0.6 is 0 Å². The third-order valence-electron chi connectivity index (χ3n) is 4.05. The summed E-state index contributed by atoms with van der Waals surface area (Å²) in [5.41, 5.74) is 7.03. The second kappa shape index (κ2) is 5.48. The smallest absolute Gasteiger partial charge is 0.264 e. The maximum atomic E-state index is 6.17. The molecule has 3 rings (SSSR count). The second-order valence-electron chi connectivity index (χ2n) is 6.04. The van der Waals surface area contributed by atoms with E-state index in [0.717, 1.165) is 25.0 Å². The van der Waals surface area contributed by atoms with Gasteiger partial charge in [-0.1, -0.05) is 31.1 Å². The normalized spacial score (nSPS) is 16.8. The van der Waals surface area contributed by atoms with Crippen LogP contribution < -0.4 is 10.5 Å². The van der Waals surface area contributed by atoms with Crippen molar-refractivity contribution in [2.75, 3.05) is 0 Å². The standard InChI is InChI=1S/C16H21N3O2/c1-11(2)12-5-3-6-13(9-12)20-10-14-18-15(19-21-14)16(17)7-4-8-16/h3,5-6,9,11H,4,7-8,10,17H2,1-2H3. The summed E-state index contributed by atoms with van der Waals surface area (Å²) in [5, 5.41) is 3.98. The summed E-state index contributed by atoms with van der Waals surface area (Å²) in [7, 11) is 0. The Bertz CT molecular complexity index is 617. The summed E-state index contributed by atoms with van der Waals surface area (Å²) in [5.74, 6) is 2.35. The summed E-state index contributed by atoms with van der Waals surface area (Å²) in [6.07, 6.45) is 2.96. The molecule has 0 spiro atoms. The minimum atomic E-state index is -0.390. The molecule has 0 radical (unpaired) electrons. The van der Waals surface area contributed by atoms with Gasteiger partial charge in [-0.15, -0.1) is 0 Å². The van der Waals surface area contributed by atoms with Gasteiger partial charge in [0.1, 0.15) is 5.75 Å². The van der Waals surface area contributed by atoms with Crippen LogP contribution in [0.15, 0.2) is 28.8 Å². The summed E-state index contributed by atoms with van der Waals surface area (Å²) in [4.78, 5) is 4.35. The van der Waals surface area contributed by atoms with Gasteiger partial charge in [0, 0.05) is 0 Å². The Labute approximate surface area is 124 Å². The van der Waals surface area contributed by atoms with E-state index in [0.29, 0.717) is 17.6 Å². The van der Waals surface area contributed by atoms with Gasteiger partial charge in [-0.25, -0.2) is 0 Å². The molecule has 0 bridgehead atoms. The Morgan fingerprint density at radius 3 is 2.86 bits per heavy atom. The Kier molecular flexibility index (Phi) is 3.68. The molecule has 1 aromatic carbocycles. The van der Waals surface area contributed by atoms with Gasteiger partial charge in [-0.05, 0) is 42.9 Å². The van der Waals surface area contributed by atoms with E-state index in [1.54, 1.807) is 0 Å².